The summed E-state index contributed by atoms with van der Waals surface area (Å²) in [7, 11) is 0. The van der Waals surface area contributed by atoms with E-state index in [1.165, 1.54) is 10.4 Å². The van der Waals surface area contributed by atoms with E-state index in [0.717, 1.165) is 40.4 Å². The lowest BCUT2D eigenvalue weighted by Gasteiger charge is -2.10. The smallest absolute Gasteiger partial charge is 0.220 e. The number of aryl methyl sites for hydroxylation is 2. The normalized spacial score (nSPS) is 17.7. The number of fused-ring (bicyclic) bond motifs is 1. The first-order chi connectivity index (χ1) is 11.1. The third-order valence-electron chi connectivity index (χ3n) is 4.05. The third-order valence-corrected chi connectivity index (χ3v) is 6.16. The third kappa shape index (κ3) is 4.02. The second kappa shape index (κ2) is 7.59. The monoisotopic (exact) mass is 351 g/mol. The average Bonchev–Trinajstić information content (AvgIpc) is 3.15. The molecule has 7 heteroatoms. The summed E-state index contributed by atoms with van der Waals surface area (Å²) in [4.78, 5) is 23.0. The van der Waals surface area contributed by atoms with Crippen LogP contribution < -0.4 is 5.32 Å². The largest absolute Gasteiger partial charge is 0.376 e. The number of nitrogens with zero attached hydrogens (tertiary/aromatic N) is 2. The minimum Gasteiger partial charge on any atom is -0.376 e. The van der Waals surface area contributed by atoms with E-state index in [1.807, 2.05) is 0 Å². The van der Waals surface area contributed by atoms with Crippen molar-refractivity contribution in [3.63, 3.8) is 0 Å². The standard InChI is InChI=1S/C16H21N3O2S2/c1-10-11(2)23-16-14(10)15(18-9-19-16)22-7-5-13(20)17-8-12-4-3-6-21-12/h9,12H,3-8H2,1-2H3,(H,17,20)/t12-/m1/s1. The van der Waals surface area contributed by atoms with Gasteiger partial charge in [0.15, 0.2) is 0 Å². The van der Waals surface area contributed by atoms with Crippen LogP contribution in [0.4, 0.5) is 0 Å². The summed E-state index contributed by atoms with van der Waals surface area (Å²) in [5, 5.41) is 5.07. The van der Waals surface area contributed by atoms with E-state index >= 15 is 0 Å². The van der Waals surface area contributed by atoms with Crippen molar-refractivity contribution in [1.29, 1.82) is 0 Å². The summed E-state index contributed by atoms with van der Waals surface area (Å²) in [5.41, 5.74) is 1.25. The Bertz CT molecular complexity index is 696. The Morgan fingerprint density at radius 3 is 3.13 bits per heavy atom. The van der Waals surface area contributed by atoms with Crippen LogP contribution in [0.3, 0.4) is 0 Å². The molecule has 0 aliphatic carbocycles. The van der Waals surface area contributed by atoms with Crippen molar-refractivity contribution in [1.82, 2.24) is 15.3 Å². The highest BCUT2D eigenvalue weighted by atomic mass is 32.2. The molecule has 1 amide bonds. The molecule has 1 N–H and O–H groups in total. The van der Waals surface area contributed by atoms with Crippen LogP contribution in [0.15, 0.2) is 11.4 Å². The molecule has 1 aliphatic rings. The first-order valence-corrected chi connectivity index (χ1v) is 9.67. The van der Waals surface area contributed by atoms with Crippen LogP contribution in [-0.2, 0) is 9.53 Å². The van der Waals surface area contributed by atoms with Crippen molar-refractivity contribution in [2.45, 2.75) is 44.2 Å². The van der Waals surface area contributed by atoms with Gasteiger partial charge in [-0.1, -0.05) is 0 Å². The van der Waals surface area contributed by atoms with Gasteiger partial charge in [-0.3, -0.25) is 4.79 Å². The van der Waals surface area contributed by atoms with Gasteiger partial charge in [-0.2, -0.15) is 0 Å². The maximum absolute atomic E-state index is 11.9. The highest BCUT2D eigenvalue weighted by Crippen LogP contribution is 2.34. The zero-order valence-corrected chi connectivity index (χ0v) is 15.1. The van der Waals surface area contributed by atoms with Crippen LogP contribution in [0.1, 0.15) is 29.7 Å². The summed E-state index contributed by atoms with van der Waals surface area (Å²) in [6, 6.07) is 0. The zero-order chi connectivity index (χ0) is 16.2. The minimum atomic E-state index is 0.0801. The fourth-order valence-corrected chi connectivity index (χ4v) is 4.68. The number of carbonyl (C=O) groups excluding carboxylic acids is 1. The molecule has 2 aromatic rings. The summed E-state index contributed by atoms with van der Waals surface area (Å²) < 4.78 is 5.51. The number of thioether (sulfide) groups is 1. The Kier molecular flexibility index (Phi) is 5.50. The lowest BCUT2D eigenvalue weighted by atomic mass is 10.2. The zero-order valence-electron chi connectivity index (χ0n) is 13.4. The second-order valence-electron chi connectivity index (χ2n) is 5.68. The fraction of sp³-hybridized carbons (Fsp3) is 0.562. The molecule has 3 rings (SSSR count). The van der Waals surface area contributed by atoms with Crippen LogP contribution in [0, 0.1) is 13.8 Å². The molecule has 1 saturated heterocycles. The lowest BCUT2D eigenvalue weighted by Crippen LogP contribution is -2.31. The second-order valence-corrected chi connectivity index (χ2v) is 7.97. The predicted octanol–water partition coefficient (Wildman–Crippen LogP) is 3.09. The van der Waals surface area contributed by atoms with Crippen molar-refractivity contribution in [3.05, 3.63) is 16.8 Å². The van der Waals surface area contributed by atoms with Crippen LogP contribution >= 0.6 is 23.1 Å². The first kappa shape index (κ1) is 16.7. The average molecular weight is 351 g/mol. The van der Waals surface area contributed by atoms with Gasteiger partial charge in [0.2, 0.25) is 5.91 Å². The van der Waals surface area contributed by atoms with E-state index in [4.69, 9.17) is 4.74 Å². The number of carbonyl (C=O) groups is 1. The lowest BCUT2D eigenvalue weighted by molar-refractivity contribution is -0.121. The molecule has 0 aromatic carbocycles. The van der Waals surface area contributed by atoms with Gasteiger partial charge in [0, 0.05) is 35.6 Å². The number of hydrogen-bond donors (Lipinski definition) is 1. The van der Waals surface area contributed by atoms with Crippen LogP contribution in [0.5, 0.6) is 0 Å². The van der Waals surface area contributed by atoms with Gasteiger partial charge in [0.05, 0.1) is 6.10 Å². The SMILES string of the molecule is Cc1sc2ncnc(SCCC(=O)NC[C@H]3CCCO3)c2c1C. The van der Waals surface area contributed by atoms with Gasteiger partial charge in [0.25, 0.3) is 0 Å². The van der Waals surface area contributed by atoms with Crippen molar-refractivity contribution < 1.29 is 9.53 Å². The molecule has 0 spiro atoms. The number of ether oxygens (including phenoxy) is 1. The van der Waals surface area contributed by atoms with Crippen molar-refractivity contribution in [2.75, 3.05) is 18.9 Å². The Morgan fingerprint density at radius 2 is 2.35 bits per heavy atom. The molecular weight excluding hydrogens is 330 g/mol. The van der Waals surface area contributed by atoms with Gasteiger partial charge >= 0.3 is 0 Å². The number of amides is 1. The van der Waals surface area contributed by atoms with E-state index in [9.17, 15) is 4.79 Å². The first-order valence-electron chi connectivity index (χ1n) is 7.87. The predicted molar refractivity (Wildman–Crippen MR) is 94.2 cm³/mol. The molecule has 0 unspecified atom stereocenters. The molecule has 124 valence electrons. The van der Waals surface area contributed by atoms with Gasteiger partial charge in [0.1, 0.15) is 16.2 Å². The molecule has 5 nitrogen and oxygen atoms in total. The van der Waals surface area contributed by atoms with Gasteiger partial charge in [-0.25, -0.2) is 9.97 Å². The molecule has 23 heavy (non-hydrogen) atoms. The van der Waals surface area contributed by atoms with Crippen LogP contribution in [0.25, 0.3) is 10.2 Å². The Morgan fingerprint density at radius 1 is 1.48 bits per heavy atom. The van der Waals surface area contributed by atoms with E-state index in [0.29, 0.717) is 13.0 Å². The van der Waals surface area contributed by atoms with Crippen molar-refractivity contribution in [3.8, 4) is 0 Å². The molecule has 0 bridgehead atoms. The molecule has 0 saturated carbocycles. The van der Waals surface area contributed by atoms with Crippen LogP contribution in [-0.4, -0.2) is 40.9 Å². The van der Waals surface area contributed by atoms with E-state index in [2.05, 4.69) is 29.1 Å². The van der Waals surface area contributed by atoms with E-state index in [-0.39, 0.29) is 12.0 Å². The summed E-state index contributed by atoms with van der Waals surface area (Å²) >= 11 is 3.32. The van der Waals surface area contributed by atoms with Crippen molar-refractivity contribution in [2.24, 2.45) is 0 Å². The number of hydrogen-bond acceptors (Lipinski definition) is 6. The van der Waals surface area contributed by atoms with E-state index in [1.54, 1.807) is 29.4 Å². The topological polar surface area (TPSA) is 64.1 Å². The van der Waals surface area contributed by atoms with Gasteiger partial charge in [-0.05, 0) is 32.3 Å². The molecule has 1 fully saturated rings. The molecule has 0 radical (unpaired) electrons. The summed E-state index contributed by atoms with van der Waals surface area (Å²) in [6.07, 6.45) is 4.44. The number of rotatable bonds is 6. The quantitative estimate of drug-likeness (QED) is 0.640. The summed E-state index contributed by atoms with van der Waals surface area (Å²) in [6.45, 7) is 5.66. The van der Waals surface area contributed by atoms with Gasteiger partial charge in [-0.15, -0.1) is 23.1 Å². The minimum absolute atomic E-state index is 0.0801. The Balaban J connectivity index is 1.51. The van der Waals surface area contributed by atoms with Gasteiger partial charge < -0.3 is 10.1 Å². The number of thiophene rings is 1. The Hall–Kier alpha value is -1.18. The Labute approximate surface area is 144 Å². The summed E-state index contributed by atoms with van der Waals surface area (Å²) in [5.74, 6) is 0.800. The maximum Gasteiger partial charge on any atom is 0.220 e. The number of aromatic nitrogens is 2. The maximum atomic E-state index is 11.9. The highest BCUT2D eigenvalue weighted by molar-refractivity contribution is 7.99. The molecule has 1 atom stereocenters. The number of nitrogens with one attached hydrogen (secondary N) is 1. The fourth-order valence-electron chi connectivity index (χ4n) is 2.62. The van der Waals surface area contributed by atoms with Crippen molar-refractivity contribution >= 4 is 39.2 Å². The highest BCUT2D eigenvalue weighted by Gasteiger charge is 2.16. The molecule has 3 heterocycles. The molecule has 2 aromatic heterocycles. The van der Waals surface area contributed by atoms with E-state index < -0.39 is 0 Å². The van der Waals surface area contributed by atoms with Crippen LogP contribution in [0.2, 0.25) is 0 Å². The molecule has 1 aliphatic heterocycles. The molecular formula is C16H21N3O2S2.